The standard InChI is InChI=1S/C8H7NOS2/c1-5-7(9-8(11)10-5)6-2-3-12-4-6/h2-4H,1H3,(H,9,11). The fraction of sp³-hybridized carbons (Fsp3) is 0.125. The summed E-state index contributed by atoms with van der Waals surface area (Å²) in [4.78, 5) is 3.44. The average Bonchev–Trinajstić information content (AvgIpc) is 2.58. The highest BCUT2D eigenvalue weighted by atomic mass is 32.1. The molecule has 62 valence electrons. The van der Waals surface area contributed by atoms with E-state index >= 15 is 0 Å². The lowest BCUT2D eigenvalue weighted by Crippen LogP contribution is -1.74. The van der Waals surface area contributed by atoms with E-state index in [0.29, 0.717) is 4.84 Å². The zero-order valence-electron chi connectivity index (χ0n) is 6.46. The molecule has 2 heterocycles. The molecule has 2 aromatic heterocycles. The Morgan fingerprint density at radius 3 is 2.92 bits per heavy atom. The van der Waals surface area contributed by atoms with Crippen LogP contribution in [-0.4, -0.2) is 4.98 Å². The largest absolute Gasteiger partial charge is 0.434 e. The lowest BCUT2D eigenvalue weighted by Gasteiger charge is -1.90. The van der Waals surface area contributed by atoms with Gasteiger partial charge >= 0.3 is 0 Å². The smallest absolute Gasteiger partial charge is 0.266 e. The minimum Gasteiger partial charge on any atom is -0.434 e. The average molecular weight is 197 g/mol. The van der Waals surface area contributed by atoms with Crippen LogP contribution in [0.2, 0.25) is 0 Å². The number of aryl methyl sites for hydroxylation is 1. The molecule has 0 atom stereocenters. The summed E-state index contributed by atoms with van der Waals surface area (Å²) in [5, 5.41) is 4.09. The summed E-state index contributed by atoms with van der Waals surface area (Å²) in [5.41, 5.74) is 2.12. The summed E-state index contributed by atoms with van der Waals surface area (Å²) in [6.45, 7) is 1.90. The van der Waals surface area contributed by atoms with Gasteiger partial charge in [0.1, 0.15) is 5.76 Å². The molecule has 0 saturated carbocycles. The number of thiophene rings is 1. The van der Waals surface area contributed by atoms with E-state index in [4.69, 9.17) is 16.6 Å². The molecule has 0 unspecified atom stereocenters. The Morgan fingerprint density at radius 2 is 2.42 bits per heavy atom. The van der Waals surface area contributed by atoms with Gasteiger partial charge in [0.05, 0.1) is 5.69 Å². The first-order chi connectivity index (χ1) is 5.77. The monoisotopic (exact) mass is 197 g/mol. The van der Waals surface area contributed by atoms with Gasteiger partial charge in [0.2, 0.25) is 0 Å². The van der Waals surface area contributed by atoms with Crippen molar-refractivity contribution in [2.45, 2.75) is 6.92 Å². The summed E-state index contributed by atoms with van der Waals surface area (Å²) in [6.07, 6.45) is 0. The van der Waals surface area contributed by atoms with Crippen molar-refractivity contribution in [2.75, 3.05) is 0 Å². The maximum absolute atomic E-state index is 5.20. The third-order valence-electron chi connectivity index (χ3n) is 1.63. The minimum atomic E-state index is 0.439. The van der Waals surface area contributed by atoms with Crippen LogP contribution in [-0.2, 0) is 0 Å². The fourth-order valence-corrected chi connectivity index (χ4v) is 1.96. The lowest BCUT2D eigenvalue weighted by atomic mass is 10.2. The molecule has 0 bridgehead atoms. The Bertz CT molecular complexity index is 424. The molecule has 0 aliphatic rings. The highest BCUT2D eigenvalue weighted by Gasteiger charge is 2.05. The molecule has 0 radical (unpaired) electrons. The predicted octanol–water partition coefficient (Wildman–Crippen LogP) is 3.37. The second-order valence-electron chi connectivity index (χ2n) is 2.46. The van der Waals surface area contributed by atoms with Crippen LogP contribution in [0.1, 0.15) is 5.76 Å². The first kappa shape index (κ1) is 7.76. The van der Waals surface area contributed by atoms with Crippen LogP contribution >= 0.6 is 23.6 Å². The van der Waals surface area contributed by atoms with Gasteiger partial charge in [-0.25, -0.2) is 0 Å². The maximum atomic E-state index is 5.20. The van der Waals surface area contributed by atoms with E-state index in [1.54, 1.807) is 11.3 Å². The second kappa shape index (κ2) is 2.88. The summed E-state index contributed by atoms with van der Waals surface area (Å²) < 4.78 is 5.20. The number of rotatable bonds is 1. The predicted molar refractivity (Wildman–Crippen MR) is 51.9 cm³/mol. The zero-order valence-corrected chi connectivity index (χ0v) is 8.09. The van der Waals surface area contributed by atoms with Gasteiger partial charge in [0, 0.05) is 10.9 Å². The normalized spacial score (nSPS) is 10.4. The van der Waals surface area contributed by atoms with Crippen LogP contribution in [0.4, 0.5) is 0 Å². The first-order valence-corrected chi connectivity index (χ1v) is 4.85. The van der Waals surface area contributed by atoms with E-state index in [2.05, 4.69) is 10.4 Å². The highest BCUT2D eigenvalue weighted by Crippen LogP contribution is 2.23. The van der Waals surface area contributed by atoms with Gasteiger partial charge in [0.15, 0.2) is 0 Å². The van der Waals surface area contributed by atoms with E-state index in [0.717, 1.165) is 17.0 Å². The molecular weight excluding hydrogens is 190 g/mol. The summed E-state index contributed by atoms with van der Waals surface area (Å²) in [6, 6.07) is 2.04. The van der Waals surface area contributed by atoms with Crippen molar-refractivity contribution in [3.05, 3.63) is 27.4 Å². The number of aromatic amines is 1. The van der Waals surface area contributed by atoms with Crippen molar-refractivity contribution < 1.29 is 4.42 Å². The van der Waals surface area contributed by atoms with Gasteiger partial charge in [-0.15, -0.1) is 0 Å². The minimum absolute atomic E-state index is 0.439. The molecule has 0 fully saturated rings. The van der Waals surface area contributed by atoms with E-state index in [9.17, 15) is 0 Å². The maximum Gasteiger partial charge on any atom is 0.266 e. The number of aromatic nitrogens is 1. The van der Waals surface area contributed by atoms with Crippen molar-refractivity contribution in [1.82, 2.24) is 4.98 Å². The SMILES string of the molecule is Cc1oc(=S)[nH]c1-c1ccsc1. The third kappa shape index (κ3) is 1.23. The second-order valence-corrected chi connectivity index (χ2v) is 3.61. The molecule has 0 saturated heterocycles. The molecule has 12 heavy (non-hydrogen) atoms. The topological polar surface area (TPSA) is 28.9 Å². The molecule has 4 heteroatoms. The van der Waals surface area contributed by atoms with E-state index in [1.807, 2.05) is 18.4 Å². The van der Waals surface area contributed by atoms with Gasteiger partial charge in [-0.05, 0) is 30.6 Å². The van der Waals surface area contributed by atoms with Crippen LogP contribution < -0.4 is 0 Å². The van der Waals surface area contributed by atoms with Crippen molar-refractivity contribution in [3.63, 3.8) is 0 Å². The number of nitrogens with one attached hydrogen (secondary N) is 1. The Labute approximate surface area is 78.9 Å². The molecule has 0 aromatic carbocycles. The summed E-state index contributed by atoms with van der Waals surface area (Å²) >= 11 is 6.53. The van der Waals surface area contributed by atoms with Crippen molar-refractivity contribution in [1.29, 1.82) is 0 Å². The van der Waals surface area contributed by atoms with Gasteiger partial charge < -0.3 is 9.40 Å². The van der Waals surface area contributed by atoms with Crippen LogP contribution in [0.15, 0.2) is 21.2 Å². The summed E-state index contributed by atoms with van der Waals surface area (Å²) in [5.74, 6) is 0.846. The molecule has 0 aliphatic carbocycles. The van der Waals surface area contributed by atoms with Crippen LogP contribution in [0.5, 0.6) is 0 Å². The fourth-order valence-electron chi connectivity index (χ4n) is 1.09. The number of oxazole rings is 1. The highest BCUT2D eigenvalue weighted by molar-refractivity contribution is 7.71. The molecule has 2 aromatic rings. The Morgan fingerprint density at radius 1 is 1.58 bits per heavy atom. The number of hydrogen-bond donors (Lipinski definition) is 1. The third-order valence-corrected chi connectivity index (χ3v) is 2.50. The van der Waals surface area contributed by atoms with E-state index in [1.165, 1.54) is 0 Å². The molecule has 2 rings (SSSR count). The molecule has 0 amide bonds. The van der Waals surface area contributed by atoms with Crippen molar-refractivity contribution in [2.24, 2.45) is 0 Å². The van der Waals surface area contributed by atoms with Crippen molar-refractivity contribution in [3.8, 4) is 11.3 Å². The molecule has 2 nitrogen and oxygen atoms in total. The van der Waals surface area contributed by atoms with E-state index < -0.39 is 0 Å². The van der Waals surface area contributed by atoms with Crippen LogP contribution in [0, 0.1) is 11.8 Å². The van der Waals surface area contributed by atoms with Crippen LogP contribution in [0.25, 0.3) is 11.3 Å². The van der Waals surface area contributed by atoms with Crippen LogP contribution in [0.3, 0.4) is 0 Å². The van der Waals surface area contributed by atoms with E-state index in [-0.39, 0.29) is 0 Å². The molecule has 1 N–H and O–H groups in total. The van der Waals surface area contributed by atoms with Gasteiger partial charge in [-0.3, -0.25) is 0 Å². The zero-order chi connectivity index (χ0) is 8.55. The van der Waals surface area contributed by atoms with Crippen molar-refractivity contribution >= 4 is 23.6 Å². The molecule has 0 aliphatic heterocycles. The Kier molecular flexibility index (Phi) is 1.86. The Hall–Kier alpha value is -0.870. The Balaban J connectivity index is 2.61. The van der Waals surface area contributed by atoms with Gasteiger partial charge in [-0.1, -0.05) is 0 Å². The van der Waals surface area contributed by atoms with Gasteiger partial charge in [-0.2, -0.15) is 11.3 Å². The number of H-pyrrole nitrogens is 1. The van der Waals surface area contributed by atoms with Gasteiger partial charge in [0.25, 0.3) is 4.84 Å². The first-order valence-electron chi connectivity index (χ1n) is 3.49. The number of hydrogen-bond acceptors (Lipinski definition) is 3. The quantitative estimate of drug-likeness (QED) is 0.710. The lowest BCUT2D eigenvalue weighted by molar-refractivity contribution is 0.512. The molecular formula is C8H7NOS2. The molecule has 0 spiro atoms. The summed E-state index contributed by atoms with van der Waals surface area (Å²) in [7, 11) is 0.